The molecule has 2 aliphatic rings. The first-order chi connectivity index (χ1) is 17.8. The molecule has 1 N–H and O–H groups in total. The number of hydrogen-bond donors (Lipinski definition) is 1. The van der Waals surface area contributed by atoms with Crippen molar-refractivity contribution in [2.24, 2.45) is 5.92 Å². The summed E-state index contributed by atoms with van der Waals surface area (Å²) < 4.78 is 26.1. The molecule has 0 saturated carbocycles. The number of thiocarbonyl (C=S) groups is 1. The second kappa shape index (κ2) is 12.3. The fourth-order valence-corrected chi connectivity index (χ4v) is 4.38. The van der Waals surface area contributed by atoms with Crippen molar-refractivity contribution in [3.05, 3.63) is 59.9 Å². The Kier molecular flexibility index (Phi) is 8.94. The predicted molar refractivity (Wildman–Crippen MR) is 144 cm³/mol. The maximum atomic E-state index is 15.1. The molecule has 0 aliphatic carbocycles. The van der Waals surface area contributed by atoms with Gasteiger partial charge >= 0.3 is 6.09 Å². The molecule has 0 bridgehead atoms. The number of benzene rings is 2. The van der Waals surface area contributed by atoms with Crippen LogP contribution in [0.1, 0.15) is 19.4 Å². The Morgan fingerprint density at radius 3 is 2.57 bits per heavy atom. The van der Waals surface area contributed by atoms with Crippen LogP contribution in [0.4, 0.5) is 20.6 Å². The van der Waals surface area contributed by atoms with Crippen LogP contribution >= 0.6 is 12.2 Å². The van der Waals surface area contributed by atoms with E-state index in [0.717, 1.165) is 5.56 Å². The molecule has 2 fully saturated rings. The Hall–Kier alpha value is -3.24. The van der Waals surface area contributed by atoms with E-state index in [2.05, 4.69) is 5.32 Å². The Morgan fingerprint density at radius 2 is 1.89 bits per heavy atom. The average molecular weight is 529 g/mol. The molecule has 1 atom stereocenters. The molecule has 0 radical (unpaired) electrons. The minimum absolute atomic E-state index is 0.0175. The molecule has 0 aromatic heterocycles. The highest BCUT2D eigenvalue weighted by atomic mass is 32.1. The fourth-order valence-electron chi connectivity index (χ4n) is 4.30. The molecule has 198 valence electrons. The number of anilines is 2. The third kappa shape index (κ3) is 6.95. The quantitative estimate of drug-likeness (QED) is 0.499. The monoisotopic (exact) mass is 528 g/mol. The van der Waals surface area contributed by atoms with Gasteiger partial charge in [-0.1, -0.05) is 56.4 Å². The first-order valence-corrected chi connectivity index (χ1v) is 12.9. The van der Waals surface area contributed by atoms with Gasteiger partial charge in [-0.3, -0.25) is 9.69 Å². The number of ether oxygens (including phenoxy) is 2. The molecule has 37 heavy (non-hydrogen) atoms. The lowest BCUT2D eigenvalue weighted by molar-refractivity contribution is -0.136. The summed E-state index contributed by atoms with van der Waals surface area (Å²) in [6, 6.07) is 14.5. The van der Waals surface area contributed by atoms with Crippen molar-refractivity contribution in [2.75, 3.05) is 55.7 Å². The Morgan fingerprint density at radius 1 is 1.16 bits per heavy atom. The molecule has 2 saturated heterocycles. The van der Waals surface area contributed by atoms with Crippen LogP contribution in [0.3, 0.4) is 0 Å². The summed E-state index contributed by atoms with van der Waals surface area (Å²) in [4.78, 5) is 30.7. The number of halogens is 1. The molecule has 2 aromatic rings. The van der Waals surface area contributed by atoms with Gasteiger partial charge in [0, 0.05) is 32.1 Å². The Labute approximate surface area is 222 Å². The summed E-state index contributed by atoms with van der Waals surface area (Å²) in [6.45, 7) is 7.11. The maximum absolute atomic E-state index is 15.1. The number of carbonyl (C=O) groups excluding carboxylic acids is 2. The molecule has 0 unspecified atom stereocenters. The number of cyclic esters (lactones) is 1. The van der Waals surface area contributed by atoms with Crippen molar-refractivity contribution in [3.8, 4) is 0 Å². The average Bonchev–Trinajstić information content (AvgIpc) is 3.28. The van der Waals surface area contributed by atoms with Gasteiger partial charge < -0.3 is 24.6 Å². The second-order valence-electron chi connectivity index (χ2n) is 9.50. The number of piperazine rings is 1. The smallest absolute Gasteiger partial charge is 0.414 e. The molecule has 2 aromatic carbocycles. The van der Waals surface area contributed by atoms with Crippen LogP contribution in [0.5, 0.6) is 0 Å². The van der Waals surface area contributed by atoms with E-state index in [-0.39, 0.29) is 24.5 Å². The van der Waals surface area contributed by atoms with E-state index in [1.165, 1.54) is 11.0 Å². The number of rotatable bonds is 9. The van der Waals surface area contributed by atoms with Crippen molar-refractivity contribution in [2.45, 2.75) is 26.6 Å². The van der Waals surface area contributed by atoms with Gasteiger partial charge in [-0.2, -0.15) is 0 Å². The maximum Gasteiger partial charge on any atom is 0.414 e. The third-order valence-corrected chi connectivity index (χ3v) is 7.07. The lowest BCUT2D eigenvalue weighted by Gasteiger charge is -2.36. The van der Waals surface area contributed by atoms with Crippen molar-refractivity contribution in [3.63, 3.8) is 0 Å². The lowest BCUT2D eigenvalue weighted by Crippen LogP contribution is -2.50. The standard InChI is InChI=1S/C27H33FN4O4S/c1-19(2)26(37)29-15-22-16-32(27(34)36-22)21-8-9-24(23(28)14-21)30-10-12-31(13-11-30)25(33)18-35-17-20-6-4-3-5-7-20/h3-9,14,19,22H,10-13,15-18H2,1-2H3,(H,29,37)/t22-/m0/s1. The van der Waals surface area contributed by atoms with Gasteiger partial charge in [-0.25, -0.2) is 9.18 Å². The number of nitrogens with one attached hydrogen (secondary N) is 1. The summed E-state index contributed by atoms with van der Waals surface area (Å²) in [6.07, 6.45) is -0.870. The first-order valence-electron chi connectivity index (χ1n) is 12.5. The second-order valence-corrected chi connectivity index (χ2v) is 9.94. The van der Waals surface area contributed by atoms with Gasteiger partial charge in [0.25, 0.3) is 0 Å². The zero-order valence-electron chi connectivity index (χ0n) is 21.2. The lowest BCUT2D eigenvalue weighted by atomic mass is 10.2. The van der Waals surface area contributed by atoms with Crippen molar-refractivity contribution in [1.82, 2.24) is 10.2 Å². The molecule has 2 amide bonds. The van der Waals surface area contributed by atoms with E-state index in [4.69, 9.17) is 21.7 Å². The van der Waals surface area contributed by atoms with E-state index in [1.54, 1.807) is 17.0 Å². The van der Waals surface area contributed by atoms with Crippen LogP contribution in [-0.2, 0) is 20.9 Å². The summed E-state index contributed by atoms with van der Waals surface area (Å²) in [5, 5.41) is 3.12. The van der Waals surface area contributed by atoms with Gasteiger partial charge in [0.15, 0.2) is 0 Å². The van der Waals surface area contributed by atoms with Crippen LogP contribution in [0.25, 0.3) is 0 Å². The minimum Gasteiger partial charge on any atom is -0.442 e. The predicted octanol–water partition coefficient (Wildman–Crippen LogP) is 3.59. The Bertz CT molecular complexity index is 1110. The Balaban J connectivity index is 1.26. The fraction of sp³-hybridized carbons (Fsp3) is 0.444. The van der Waals surface area contributed by atoms with Gasteiger partial charge in [0.05, 0.1) is 36.1 Å². The van der Waals surface area contributed by atoms with E-state index in [9.17, 15) is 9.59 Å². The van der Waals surface area contributed by atoms with Crippen molar-refractivity contribution < 1.29 is 23.5 Å². The van der Waals surface area contributed by atoms with Crippen molar-refractivity contribution in [1.29, 1.82) is 0 Å². The van der Waals surface area contributed by atoms with Crippen LogP contribution in [0.15, 0.2) is 48.5 Å². The van der Waals surface area contributed by atoms with E-state index < -0.39 is 11.9 Å². The zero-order valence-corrected chi connectivity index (χ0v) is 22.0. The van der Waals surface area contributed by atoms with Crippen molar-refractivity contribution >= 4 is 40.6 Å². The minimum atomic E-state index is -0.504. The first kappa shape index (κ1) is 26.8. The van der Waals surface area contributed by atoms with E-state index in [0.29, 0.717) is 62.2 Å². The van der Waals surface area contributed by atoms with Crippen LogP contribution in [0, 0.1) is 11.7 Å². The SMILES string of the molecule is CC(C)C(=S)NC[C@H]1CN(c2ccc(N3CCN(C(=O)COCc4ccccc4)CC3)c(F)c2)C(=O)O1. The highest BCUT2D eigenvalue weighted by Gasteiger charge is 2.33. The molecule has 2 aliphatic heterocycles. The summed E-state index contributed by atoms with van der Waals surface area (Å²) in [7, 11) is 0. The summed E-state index contributed by atoms with van der Waals surface area (Å²) in [5.41, 5.74) is 1.91. The third-order valence-electron chi connectivity index (χ3n) is 6.46. The van der Waals surface area contributed by atoms with Crippen LogP contribution < -0.4 is 15.1 Å². The van der Waals surface area contributed by atoms with Gasteiger partial charge in [0.1, 0.15) is 18.5 Å². The number of amides is 2. The highest BCUT2D eigenvalue weighted by molar-refractivity contribution is 7.80. The van der Waals surface area contributed by atoms with E-state index in [1.807, 2.05) is 49.1 Å². The molecule has 2 heterocycles. The largest absolute Gasteiger partial charge is 0.442 e. The number of hydrogen-bond acceptors (Lipinski definition) is 6. The molecule has 4 rings (SSSR count). The van der Waals surface area contributed by atoms with Crippen LogP contribution in [-0.4, -0.2) is 73.9 Å². The molecular weight excluding hydrogens is 495 g/mol. The zero-order chi connectivity index (χ0) is 26.4. The van der Waals surface area contributed by atoms with Gasteiger partial charge in [0.2, 0.25) is 5.91 Å². The normalized spacial score (nSPS) is 17.8. The van der Waals surface area contributed by atoms with E-state index >= 15 is 4.39 Å². The topological polar surface area (TPSA) is 74.4 Å². The summed E-state index contributed by atoms with van der Waals surface area (Å²) >= 11 is 5.27. The van der Waals surface area contributed by atoms with Crippen LogP contribution in [0.2, 0.25) is 0 Å². The number of carbonyl (C=O) groups is 2. The highest BCUT2D eigenvalue weighted by Crippen LogP contribution is 2.28. The molecule has 8 nitrogen and oxygen atoms in total. The molecule has 0 spiro atoms. The summed E-state index contributed by atoms with van der Waals surface area (Å²) in [5.74, 6) is -0.284. The molecular formula is C27H33FN4O4S. The number of nitrogens with zero attached hydrogens (tertiary/aromatic N) is 3. The van der Waals surface area contributed by atoms with Gasteiger partial charge in [-0.05, 0) is 23.8 Å². The van der Waals surface area contributed by atoms with Gasteiger partial charge in [-0.15, -0.1) is 0 Å². The molecule has 10 heteroatoms.